The van der Waals surface area contributed by atoms with Crippen LogP contribution in [0.5, 0.6) is 5.75 Å². The Kier molecular flexibility index (Phi) is 8.99. The molecule has 2 saturated heterocycles. The van der Waals surface area contributed by atoms with Gasteiger partial charge in [0, 0.05) is 49.7 Å². The number of pyridine rings is 1. The molecule has 0 amide bonds. The van der Waals surface area contributed by atoms with E-state index in [4.69, 9.17) is 19.2 Å². The van der Waals surface area contributed by atoms with Gasteiger partial charge in [0.2, 0.25) is 0 Å². The van der Waals surface area contributed by atoms with Crippen molar-refractivity contribution < 1.29 is 28.5 Å². The number of rotatable bonds is 12. The number of unbranched alkanes of at least 4 members (excludes halogenated alkanes) is 2. The van der Waals surface area contributed by atoms with Crippen LogP contribution in [0.4, 0.5) is 10.2 Å². The van der Waals surface area contributed by atoms with Crippen LogP contribution in [0.2, 0.25) is 0 Å². The Labute approximate surface area is 229 Å². The van der Waals surface area contributed by atoms with E-state index in [0.717, 1.165) is 74.2 Å². The smallest absolute Gasteiger partial charge is 0.325 e. The van der Waals surface area contributed by atoms with Crippen molar-refractivity contribution >= 4 is 11.8 Å². The zero-order valence-electron chi connectivity index (χ0n) is 23.0. The molecule has 1 aromatic heterocycles. The molecule has 2 N–H and O–H groups in total. The second-order valence-corrected chi connectivity index (χ2v) is 11.0. The molecule has 4 heterocycles. The third-order valence-electron chi connectivity index (χ3n) is 8.09. The Hall–Kier alpha value is -2.75. The van der Waals surface area contributed by atoms with E-state index in [2.05, 4.69) is 18.3 Å². The van der Waals surface area contributed by atoms with E-state index in [1.165, 1.54) is 17.7 Å². The fourth-order valence-electron chi connectivity index (χ4n) is 5.94. The maximum atomic E-state index is 14.1. The van der Waals surface area contributed by atoms with Crippen molar-refractivity contribution in [2.45, 2.75) is 82.6 Å². The fraction of sp³-hybridized carbons (Fsp3) is 0.600. The van der Waals surface area contributed by atoms with Gasteiger partial charge in [-0.25, -0.2) is 9.37 Å². The molecule has 3 aliphatic rings. The van der Waals surface area contributed by atoms with Gasteiger partial charge in [0.05, 0.1) is 19.3 Å². The molecule has 2 unspecified atom stereocenters. The Morgan fingerprint density at radius 3 is 2.85 bits per heavy atom. The first kappa shape index (κ1) is 27.8. The molecule has 8 nitrogen and oxygen atoms in total. The third kappa shape index (κ3) is 6.53. The summed E-state index contributed by atoms with van der Waals surface area (Å²) in [6.45, 7) is 4.49. The molecule has 0 radical (unpaired) electrons. The number of ether oxygens (including phenoxy) is 3. The number of fused-ring (bicyclic) bond motifs is 1. The predicted octanol–water partition coefficient (Wildman–Crippen LogP) is 5.07. The first-order valence-electron chi connectivity index (χ1n) is 14.3. The van der Waals surface area contributed by atoms with Crippen LogP contribution < -0.4 is 10.1 Å². The van der Waals surface area contributed by atoms with Gasteiger partial charge in [0.25, 0.3) is 0 Å². The summed E-state index contributed by atoms with van der Waals surface area (Å²) < 4.78 is 31.6. The van der Waals surface area contributed by atoms with Gasteiger partial charge in [0.15, 0.2) is 0 Å². The first-order valence-corrected chi connectivity index (χ1v) is 14.3. The van der Waals surface area contributed by atoms with E-state index >= 15 is 0 Å². The summed E-state index contributed by atoms with van der Waals surface area (Å²) in [5.74, 6) is 0.478. The number of carboxylic acids is 1. The van der Waals surface area contributed by atoms with Crippen LogP contribution in [0.15, 0.2) is 24.3 Å². The SMILES string of the molecule is COc1cc(CCCCCOC2CN(C(C(=O)O)c3cc(F)ccc3[C@@H]3CCCO3)C2)nc2c1CCC(C)N2. The van der Waals surface area contributed by atoms with Gasteiger partial charge < -0.3 is 24.6 Å². The van der Waals surface area contributed by atoms with Crippen LogP contribution in [0.1, 0.15) is 80.0 Å². The molecule has 0 spiro atoms. The van der Waals surface area contributed by atoms with Gasteiger partial charge in [-0.15, -0.1) is 0 Å². The van der Waals surface area contributed by atoms with Crippen LogP contribution in [0.3, 0.4) is 0 Å². The van der Waals surface area contributed by atoms with E-state index in [-0.39, 0.29) is 12.2 Å². The lowest BCUT2D eigenvalue weighted by Gasteiger charge is -2.43. The molecule has 2 fully saturated rings. The van der Waals surface area contributed by atoms with Crippen LogP contribution >= 0.6 is 0 Å². The van der Waals surface area contributed by atoms with Crippen molar-refractivity contribution in [3.05, 3.63) is 52.5 Å². The van der Waals surface area contributed by atoms with Crippen LogP contribution in [0.25, 0.3) is 0 Å². The first-order chi connectivity index (χ1) is 18.9. The fourth-order valence-corrected chi connectivity index (χ4v) is 5.94. The van der Waals surface area contributed by atoms with Gasteiger partial charge >= 0.3 is 5.97 Å². The summed E-state index contributed by atoms with van der Waals surface area (Å²) in [6, 6.07) is 6.00. The summed E-state index contributed by atoms with van der Waals surface area (Å²) >= 11 is 0. The Morgan fingerprint density at radius 1 is 1.26 bits per heavy atom. The summed E-state index contributed by atoms with van der Waals surface area (Å²) in [5, 5.41) is 13.5. The molecule has 1 aromatic carbocycles. The molecule has 3 atom stereocenters. The number of carbonyl (C=O) groups is 1. The topological polar surface area (TPSA) is 93.2 Å². The largest absolute Gasteiger partial charge is 0.496 e. The molecule has 39 heavy (non-hydrogen) atoms. The van der Waals surface area contributed by atoms with Gasteiger partial charge in [-0.2, -0.15) is 0 Å². The molecular weight excluding hydrogens is 501 g/mol. The number of nitrogens with one attached hydrogen (secondary N) is 1. The highest BCUT2D eigenvalue weighted by Crippen LogP contribution is 2.37. The number of anilines is 1. The molecule has 2 aromatic rings. The van der Waals surface area contributed by atoms with Crippen LogP contribution in [0, 0.1) is 5.82 Å². The highest BCUT2D eigenvalue weighted by Gasteiger charge is 2.40. The Morgan fingerprint density at radius 2 is 2.10 bits per heavy atom. The number of aryl methyl sites for hydroxylation is 1. The van der Waals surface area contributed by atoms with Gasteiger partial charge in [-0.05, 0) is 75.1 Å². The van der Waals surface area contributed by atoms with Crippen molar-refractivity contribution in [3.63, 3.8) is 0 Å². The summed E-state index contributed by atoms with van der Waals surface area (Å²) in [5.41, 5.74) is 3.49. The average Bonchev–Trinajstić information content (AvgIpc) is 3.42. The lowest BCUT2D eigenvalue weighted by atomic mass is 9.92. The van der Waals surface area contributed by atoms with Gasteiger partial charge in [-0.1, -0.05) is 12.5 Å². The molecule has 0 aliphatic carbocycles. The maximum Gasteiger partial charge on any atom is 0.325 e. The van der Waals surface area contributed by atoms with E-state index < -0.39 is 17.8 Å². The maximum absolute atomic E-state index is 14.1. The molecular formula is C30H40FN3O5. The monoisotopic (exact) mass is 541 g/mol. The van der Waals surface area contributed by atoms with Crippen molar-refractivity contribution in [2.75, 3.05) is 38.7 Å². The molecule has 3 aliphatic heterocycles. The van der Waals surface area contributed by atoms with E-state index in [1.807, 2.05) is 4.90 Å². The summed E-state index contributed by atoms with van der Waals surface area (Å²) in [7, 11) is 1.72. The summed E-state index contributed by atoms with van der Waals surface area (Å²) in [4.78, 5) is 18.9. The number of hydrogen-bond acceptors (Lipinski definition) is 7. The molecule has 0 saturated carbocycles. The number of likely N-dealkylation sites (tertiary alicyclic amines) is 1. The minimum Gasteiger partial charge on any atom is -0.496 e. The highest BCUT2D eigenvalue weighted by molar-refractivity contribution is 5.76. The quantitative estimate of drug-likeness (QED) is 0.360. The summed E-state index contributed by atoms with van der Waals surface area (Å²) in [6.07, 6.45) is 7.49. The number of methoxy groups -OCH3 is 1. The zero-order valence-corrected chi connectivity index (χ0v) is 23.0. The van der Waals surface area contributed by atoms with Crippen molar-refractivity contribution in [3.8, 4) is 5.75 Å². The minimum absolute atomic E-state index is 0.00812. The van der Waals surface area contributed by atoms with E-state index in [0.29, 0.717) is 37.9 Å². The molecule has 0 bridgehead atoms. The number of halogens is 1. The number of carboxylic acid groups (broad SMARTS) is 1. The van der Waals surface area contributed by atoms with E-state index in [9.17, 15) is 14.3 Å². The number of benzene rings is 1. The normalized spacial score (nSPS) is 22.1. The number of aromatic nitrogens is 1. The Bertz CT molecular complexity index is 1150. The van der Waals surface area contributed by atoms with Crippen LogP contribution in [-0.2, 0) is 27.1 Å². The number of hydrogen-bond donors (Lipinski definition) is 2. The zero-order chi connectivity index (χ0) is 27.4. The second-order valence-electron chi connectivity index (χ2n) is 11.0. The lowest BCUT2D eigenvalue weighted by Crippen LogP contribution is -2.55. The molecule has 5 rings (SSSR count). The third-order valence-corrected chi connectivity index (χ3v) is 8.09. The van der Waals surface area contributed by atoms with Gasteiger partial charge in [0.1, 0.15) is 23.4 Å². The second kappa shape index (κ2) is 12.6. The predicted molar refractivity (Wildman–Crippen MR) is 146 cm³/mol. The van der Waals surface area contributed by atoms with E-state index in [1.54, 1.807) is 13.2 Å². The Balaban J connectivity index is 1.06. The minimum atomic E-state index is -0.977. The average molecular weight is 542 g/mol. The van der Waals surface area contributed by atoms with Crippen molar-refractivity contribution in [2.24, 2.45) is 0 Å². The van der Waals surface area contributed by atoms with Crippen LogP contribution in [-0.4, -0.2) is 66.5 Å². The van der Waals surface area contributed by atoms with Crippen molar-refractivity contribution in [1.82, 2.24) is 9.88 Å². The van der Waals surface area contributed by atoms with Crippen molar-refractivity contribution in [1.29, 1.82) is 0 Å². The number of nitrogens with zero attached hydrogens (tertiary/aromatic N) is 2. The molecule has 9 heteroatoms. The standard InChI is InChI=1S/C30H40FN3O5/c1-19-9-11-24-27(37-2)16-21(33-29(24)32-19)7-4-3-5-13-38-22-17-34(18-22)28(30(35)36)25-15-20(31)10-12-23(25)26-8-6-14-39-26/h10,12,15-16,19,22,26,28H,3-9,11,13-14,17-18H2,1-2H3,(H,32,33)(H,35,36)/t19?,26-,28?/m0/s1. The van der Waals surface area contributed by atoms with Gasteiger partial charge in [-0.3, -0.25) is 9.69 Å². The highest BCUT2D eigenvalue weighted by atomic mass is 19.1. The lowest BCUT2D eigenvalue weighted by molar-refractivity contribution is -0.151. The molecule has 212 valence electrons. The number of aliphatic carboxylic acids is 1.